The Morgan fingerprint density at radius 3 is 2.71 bits per heavy atom. The fourth-order valence-electron chi connectivity index (χ4n) is 2.93. The van der Waals surface area contributed by atoms with Crippen molar-refractivity contribution in [1.29, 1.82) is 0 Å². The summed E-state index contributed by atoms with van der Waals surface area (Å²) >= 11 is 0. The zero-order valence-electron chi connectivity index (χ0n) is 14.1. The Hall–Kier alpha value is -2.70. The van der Waals surface area contributed by atoms with Crippen LogP contribution in [0.3, 0.4) is 0 Å². The molecule has 0 radical (unpaired) electrons. The van der Waals surface area contributed by atoms with Gasteiger partial charge in [0.1, 0.15) is 12.0 Å². The van der Waals surface area contributed by atoms with Gasteiger partial charge in [-0.3, -0.25) is 4.79 Å². The fourth-order valence-corrected chi connectivity index (χ4v) is 2.93. The number of rotatable bonds is 4. The number of tetrazole rings is 1. The van der Waals surface area contributed by atoms with E-state index in [2.05, 4.69) is 53.4 Å². The summed E-state index contributed by atoms with van der Waals surface area (Å²) in [4.78, 5) is 12.5. The quantitative estimate of drug-likeness (QED) is 0.869. The molecular weight excluding hydrogens is 306 g/mol. The second-order valence-corrected chi connectivity index (χ2v) is 6.09. The summed E-state index contributed by atoms with van der Waals surface area (Å²) in [5.74, 6) is -0.0232. The molecule has 1 aromatic carbocycles. The lowest BCUT2D eigenvalue weighted by molar-refractivity contribution is -0.147. The van der Waals surface area contributed by atoms with Gasteiger partial charge in [0.15, 0.2) is 0 Å². The highest BCUT2D eigenvalue weighted by atomic mass is 16.5. The van der Waals surface area contributed by atoms with Gasteiger partial charge in [-0.2, -0.15) is 0 Å². The minimum absolute atomic E-state index is 0.310. The molecule has 0 aliphatic carbocycles. The highest BCUT2D eigenvalue weighted by Gasteiger charge is 2.40. The van der Waals surface area contributed by atoms with Gasteiger partial charge in [0, 0.05) is 5.70 Å². The first-order chi connectivity index (χ1) is 11.5. The summed E-state index contributed by atoms with van der Waals surface area (Å²) in [6.07, 6.45) is 0. The Labute approximate surface area is 140 Å². The van der Waals surface area contributed by atoms with Crippen LogP contribution in [0.15, 0.2) is 36.5 Å². The maximum Gasteiger partial charge on any atom is 0.317 e. The van der Waals surface area contributed by atoms with Crippen molar-refractivity contribution in [3.8, 4) is 0 Å². The number of carbonyl (C=O) groups is 1. The van der Waals surface area contributed by atoms with E-state index in [1.54, 1.807) is 11.6 Å². The minimum atomic E-state index is -0.592. The first-order valence-corrected chi connectivity index (χ1v) is 8.03. The molecule has 7 heteroatoms. The molecule has 1 aliphatic heterocycles. The number of hydrogen-bond acceptors (Lipinski definition) is 6. The lowest BCUT2D eigenvalue weighted by Crippen LogP contribution is -2.37. The average Bonchev–Trinajstić information content (AvgIpc) is 3.01. The van der Waals surface area contributed by atoms with Crippen LogP contribution in [0.25, 0.3) is 0 Å². The van der Waals surface area contributed by atoms with Crippen LogP contribution in [0.1, 0.15) is 43.9 Å². The highest BCUT2D eigenvalue weighted by Crippen LogP contribution is 2.37. The molecule has 0 saturated carbocycles. The lowest BCUT2D eigenvalue weighted by atomic mass is 9.88. The van der Waals surface area contributed by atoms with Crippen LogP contribution in [-0.2, 0) is 9.53 Å². The van der Waals surface area contributed by atoms with E-state index in [0.29, 0.717) is 24.2 Å². The Morgan fingerprint density at radius 2 is 2.08 bits per heavy atom. The molecule has 24 heavy (non-hydrogen) atoms. The molecule has 0 saturated heterocycles. The first-order valence-electron chi connectivity index (χ1n) is 8.03. The third-order valence-electron chi connectivity index (χ3n) is 4.20. The van der Waals surface area contributed by atoms with E-state index >= 15 is 0 Å². The van der Waals surface area contributed by atoms with Crippen molar-refractivity contribution in [2.45, 2.75) is 32.7 Å². The largest absolute Gasteiger partial charge is 0.465 e. The molecule has 1 aliphatic rings. The molecule has 0 amide bonds. The van der Waals surface area contributed by atoms with Gasteiger partial charge >= 0.3 is 5.97 Å². The number of nitrogens with zero attached hydrogens (tertiary/aromatic N) is 4. The van der Waals surface area contributed by atoms with Gasteiger partial charge in [-0.05, 0) is 34.4 Å². The van der Waals surface area contributed by atoms with Crippen LogP contribution in [0.5, 0.6) is 0 Å². The SMILES string of the molecule is C=C1Nc2nnnn2C(c2ccc(C(C)C)cc2)C1C(=O)OCC. The standard InChI is InChI=1S/C17H21N5O2/c1-5-24-16(23)14-11(4)18-17-19-20-21-22(17)15(14)13-8-6-12(7-9-13)10(2)3/h6-10,14-15H,4-5H2,1-3H3,(H,18,19,21). The van der Waals surface area contributed by atoms with Crippen molar-refractivity contribution < 1.29 is 9.53 Å². The van der Waals surface area contributed by atoms with E-state index in [4.69, 9.17) is 4.74 Å². The van der Waals surface area contributed by atoms with Crippen LogP contribution in [0, 0.1) is 5.92 Å². The normalized spacial score (nSPS) is 19.8. The first kappa shape index (κ1) is 16.2. The van der Waals surface area contributed by atoms with Gasteiger partial charge in [-0.1, -0.05) is 49.8 Å². The number of ether oxygens (including phenoxy) is 1. The number of nitrogens with one attached hydrogen (secondary N) is 1. The van der Waals surface area contributed by atoms with Crippen molar-refractivity contribution in [2.75, 3.05) is 11.9 Å². The molecule has 2 heterocycles. The fraction of sp³-hybridized carbons (Fsp3) is 0.412. The second kappa shape index (κ2) is 6.43. The molecule has 126 valence electrons. The topological polar surface area (TPSA) is 81.9 Å². The van der Waals surface area contributed by atoms with E-state index < -0.39 is 5.92 Å². The zero-order valence-corrected chi connectivity index (χ0v) is 14.1. The molecule has 0 bridgehead atoms. The van der Waals surface area contributed by atoms with Crippen molar-refractivity contribution in [3.05, 3.63) is 47.7 Å². The van der Waals surface area contributed by atoms with E-state index in [9.17, 15) is 4.79 Å². The number of carbonyl (C=O) groups excluding carboxylic acids is 1. The molecule has 1 N–H and O–H groups in total. The molecule has 1 aromatic heterocycles. The lowest BCUT2D eigenvalue weighted by Gasteiger charge is -2.32. The molecule has 3 rings (SSSR count). The molecule has 2 aromatic rings. The van der Waals surface area contributed by atoms with Gasteiger partial charge in [0.05, 0.1) is 6.61 Å². The predicted octanol–water partition coefficient (Wildman–Crippen LogP) is 2.50. The van der Waals surface area contributed by atoms with Gasteiger partial charge in [-0.25, -0.2) is 4.68 Å². The summed E-state index contributed by atoms with van der Waals surface area (Å²) in [5, 5.41) is 14.7. The number of esters is 1. The summed E-state index contributed by atoms with van der Waals surface area (Å²) in [6.45, 7) is 10.4. The van der Waals surface area contributed by atoms with Gasteiger partial charge in [0.25, 0.3) is 0 Å². The van der Waals surface area contributed by atoms with Crippen molar-refractivity contribution in [2.24, 2.45) is 5.92 Å². The Balaban J connectivity index is 2.05. The van der Waals surface area contributed by atoms with Gasteiger partial charge < -0.3 is 10.1 Å². The summed E-state index contributed by atoms with van der Waals surface area (Å²) < 4.78 is 6.85. The van der Waals surface area contributed by atoms with E-state index in [0.717, 1.165) is 5.56 Å². The predicted molar refractivity (Wildman–Crippen MR) is 89.4 cm³/mol. The van der Waals surface area contributed by atoms with Crippen LogP contribution in [-0.4, -0.2) is 32.8 Å². The van der Waals surface area contributed by atoms with E-state index in [-0.39, 0.29) is 12.0 Å². The minimum Gasteiger partial charge on any atom is -0.465 e. The third-order valence-corrected chi connectivity index (χ3v) is 4.20. The molecule has 0 fully saturated rings. The van der Waals surface area contributed by atoms with Crippen LogP contribution in [0.4, 0.5) is 5.95 Å². The van der Waals surface area contributed by atoms with Crippen molar-refractivity contribution >= 4 is 11.9 Å². The number of fused-ring (bicyclic) bond motifs is 1. The van der Waals surface area contributed by atoms with Crippen LogP contribution < -0.4 is 5.32 Å². The third kappa shape index (κ3) is 2.77. The molecule has 0 spiro atoms. The van der Waals surface area contributed by atoms with Gasteiger partial charge in [-0.15, -0.1) is 0 Å². The summed E-state index contributed by atoms with van der Waals surface area (Å²) in [6, 6.07) is 7.77. The number of anilines is 1. The number of hydrogen-bond donors (Lipinski definition) is 1. The smallest absolute Gasteiger partial charge is 0.317 e. The monoisotopic (exact) mass is 327 g/mol. The van der Waals surface area contributed by atoms with Crippen LogP contribution >= 0.6 is 0 Å². The molecule has 7 nitrogen and oxygen atoms in total. The van der Waals surface area contributed by atoms with Crippen LogP contribution in [0.2, 0.25) is 0 Å². The summed E-state index contributed by atoms with van der Waals surface area (Å²) in [5.41, 5.74) is 2.71. The Bertz CT molecular complexity index is 751. The van der Waals surface area contributed by atoms with Gasteiger partial charge in [0.2, 0.25) is 5.95 Å². The average molecular weight is 327 g/mol. The highest BCUT2D eigenvalue weighted by molar-refractivity contribution is 5.79. The molecular formula is C17H21N5O2. The number of benzene rings is 1. The number of aromatic nitrogens is 4. The van der Waals surface area contributed by atoms with Crippen molar-refractivity contribution in [3.63, 3.8) is 0 Å². The van der Waals surface area contributed by atoms with E-state index in [1.807, 2.05) is 12.1 Å². The molecule has 2 unspecified atom stereocenters. The maximum absolute atomic E-state index is 12.5. The molecule has 2 atom stereocenters. The van der Waals surface area contributed by atoms with E-state index in [1.165, 1.54) is 5.56 Å². The Kier molecular flexibility index (Phi) is 4.33. The van der Waals surface area contributed by atoms with Crippen molar-refractivity contribution in [1.82, 2.24) is 20.2 Å². The second-order valence-electron chi connectivity index (χ2n) is 6.09. The zero-order chi connectivity index (χ0) is 17.3. The maximum atomic E-state index is 12.5. The Morgan fingerprint density at radius 1 is 1.38 bits per heavy atom. The summed E-state index contributed by atoms with van der Waals surface area (Å²) in [7, 11) is 0.